The standard InChI is InChI=1S/C12H26.C3H6O2.H2O4S/c1-3-5-7-9-11-12-10-8-6-4-2;1-2-3(4)5;1-5(2,3)4/h3-12H2,1-2H3;2H2,1H3,(H,4,5);(H2,1,2,3,4). The molecule has 0 amide bonds. The van der Waals surface area contributed by atoms with Gasteiger partial charge in [-0.2, -0.15) is 8.42 Å². The zero-order chi connectivity index (χ0) is 17.9. The van der Waals surface area contributed by atoms with E-state index in [2.05, 4.69) is 13.8 Å². The largest absolute Gasteiger partial charge is 0.481 e. The quantitative estimate of drug-likeness (QED) is 0.390. The van der Waals surface area contributed by atoms with Crippen molar-refractivity contribution in [3.05, 3.63) is 0 Å². The maximum atomic E-state index is 9.37. The van der Waals surface area contributed by atoms with Gasteiger partial charge in [0.05, 0.1) is 0 Å². The first-order chi connectivity index (χ1) is 10.2. The highest BCUT2D eigenvalue weighted by atomic mass is 32.3. The van der Waals surface area contributed by atoms with Gasteiger partial charge in [-0.25, -0.2) is 0 Å². The fourth-order valence-corrected chi connectivity index (χ4v) is 1.56. The minimum absolute atomic E-state index is 0.222. The van der Waals surface area contributed by atoms with Gasteiger partial charge >= 0.3 is 16.4 Å². The summed E-state index contributed by atoms with van der Waals surface area (Å²) in [6.07, 6.45) is 14.7. The maximum absolute atomic E-state index is 9.37. The number of aliphatic carboxylic acids is 1. The number of unbranched alkanes of at least 4 members (excludes halogenated alkanes) is 9. The first kappa shape index (κ1) is 26.2. The fraction of sp³-hybridized carbons (Fsp3) is 0.933. The summed E-state index contributed by atoms with van der Waals surface area (Å²) in [7, 11) is -4.67. The first-order valence-corrected chi connectivity index (χ1v) is 9.50. The molecule has 0 unspecified atom stereocenters. The Balaban J connectivity index is -0.000000298. The van der Waals surface area contributed by atoms with Gasteiger partial charge in [0.25, 0.3) is 0 Å². The van der Waals surface area contributed by atoms with Crippen molar-refractivity contribution >= 4 is 16.4 Å². The van der Waals surface area contributed by atoms with Crippen LogP contribution in [0.3, 0.4) is 0 Å². The lowest BCUT2D eigenvalue weighted by Crippen LogP contribution is -1.89. The average molecular weight is 342 g/mol. The molecule has 0 aliphatic heterocycles. The SMILES string of the molecule is CCC(=O)O.CCCCCCCCCCCC.O=S(=O)(O)O. The molecule has 6 nitrogen and oxygen atoms in total. The summed E-state index contributed by atoms with van der Waals surface area (Å²) in [6.45, 7) is 6.16. The van der Waals surface area contributed by atoms with Gasteiger partial charge in [-0.05, 0) is 0 Å². The molecule has 7 heteroatoms. The number of carbonyl (C=O) groups is 1. The number of rotatable bonds is 10. The number of carboxylic acid groups (broad SMARTS) is 1. The molecule has 3 N–H and O–H groups in total. The van der Waals surface area contributed by atoms with Gasteiger partial charge in [-0.1, -0.05) is 85.0 Å². The Kier molecular flexibility index (Phi) is 24.3. The Labute approximate surface area is 135 Å². The highest BCUT2D eigenvalue weighted by Gasteiger charge is 1.90. The summed E-state index contributed by atoms with van der Waals surface area (Å²) >= 11 is 0. The van der Waals surface area contributed by atoms with Crippen molar-refractivity contribution in [1.29, 1.82) is 0 Å². The third kappa shape index (κ3) is 60.8. The van der Waals surface area contributed by atoms with Gasteiger partial charge in [-0.3, -0.25) is 13.9 Å². The molecule has 0 heterocycles. The molecular formula is C15H34O6S. The molecule has 0 rings (SSSR count). The van der Waals surface area contributed by atoms with E-state index < -0.39 is 16.4 Å². The zero-order valence-corrected chi connectivity index (χ0v) is 15.1. The second-order valence-corrected chi connectivity index (χ2v) is 5.92. The van der Waals surface area contributed by atoms with Gasteiger partial charge in [0, 0.05) is 6.42 Å². The van der Waals surface area contributed by atoms with Crippen molar-refractivity contribution < 1.29 is 27.4 Å². The Bertz CT molecular complexity index is 296. The molecule has 0 saturated carbocycles. The van der Waals surface area contributed by atoms with Crippen LogP contribution >= 0.6 is 0 Å². The van der Waals surface area contributed by atoms with E-state index in [0.29, 0.717) is 0 Å². The number of hydrogen-bond acceptors (Lipinski definition) is 3. The van der Waals surface area contributed by atoms with Crippen molar-refractivity contribution in [2.75, 3.05) is 0 Å². The molecule has 0 atom stereocenters. The van der Waals surface area contributed by atoms with Crippen molar-refractivity contribution in [3.8, 4) is 0 Å². The van der Waals surface area contributed by atoms with E-state index in [0.717, 1.165) is 0 Å². The Hall–Kier alpha value is -0.660. The summed E-state index contributed by atoms with van der Waals surface area (Å²) in [4.78, 5) is 9.37. The van der Waals surface area contributed by atoms with E-state index >= 15 is 0 Å². The van der Waals surface area contributed by atoms with Crippen molar-refractivity contribution in [3.63, 3.8) is 0 Å². The van der Waals surface area contributed by atoms with Crippen LogP contribution in [0.2, 0.25) is 0 Å². The molecule has 0 radical (unpaired) electrons. The topological polar surface area (TPSA) is 112 Å². The van der Waals surface area contributed by atoms with Crippen LogP contribution in [0.4, 0.5) is 0 Å². The van der Waals surface area contributed by atoms with Gasteiger partial charge in [0.15, 0.2) is 0 Å². The minimum Gasteiger partial charge on any atom is -0.481 e. The van der Waals surface area contributed by atoms with Crippen LogP contribution in [0.25, 0.3) is 0 Å². The van der Waals surface area contributed by atoms with Crippen LogP contribution in [0.15, 0.2) is 0 Å². The predicted molar refractivity (Wildman–Crippen MR) is 89.6 cm³/mol. The molecule has 0 spiro atoms. The average Bonchev–Trinajstić information content (AvgIpc) is 2.40. The Morgan fingerprint density at radius 2 is 0.909 bits per heavy atom. The molecule has 0 aromatic heterocycles. The molecule has 0 aliphatic carbocycles. The molecule has 0 fully saturated rings. The van der Waals surface area contributed by atoms with Crippen molar-refractivity contribution in [2.24, 2.45) is 0 Å². The normalized spacial score (nSPS) is 10.0. The highest BCUT2D eigenvalue weighted by Crippen LogP contribution is 2.09. The summed E-state index contributed by atoms with van der Waals surface area (Å²) in [5.74, 6) is -0.745. The second-order valence-electron chi connectivity index (χ2n) is 5.02. The van der Waals surface area contributed by atoms with Crippen LogP contribution < -0.4 is 0 Å². The number of hydrogen-bond donors (Lipinski definition) is 3. The summed E-state index contributed by atoms with van der Waals surface area (Å²) in [5.41, 5.74) is 0. The van der Waals surface area contributed by atoms with E-state index in [1.165, 1.54) is 64.2 Å². The molecule has 0 aliphatic rings. The zero-order valence-electron chi connectivity index (χ0n) is 14.3. The lowest BCUT2D eigenvalue weighted by molar-refractivity contribution is -0.136. The van der Waals surface area contributed by atoms with Crippen LogP contribution in [0, 0.1) is 0 Å². The molecule has 136 valence electrons. The van der Waals surface area contributed by atoms with E-state index in [9.17, 15) is 4.79 Å². The molecule has 0 aromatic carbocycles. The lowest BCUT2D eigenvalue weighted by Gasteiger charge is -1.99. The van der Waals surface area contributed by atoms with Crippen molar-refractivity contribution in [2.45, 2.75) is 91.4 Å². The molecule has 22 heavy (non-hydrogen) atoms. The van der Waals surface area contributed by atoms with Gasteiger partial charge in [0.2, 0.25) is 0 Å². The van der Waals surface area contributed by atoms with E-state index in [-0.39, 0.29) is 6.42 Å². The van der Waals surface area contributed by atoms with Crippen molar-refractivity contribution in [1.82, 2.24) is 0 Å². The van der Waals surface area contributed by atoms with Gasteiger partial charge in [0.1, 0.15) is 0 Å². The third-order valence-electron chi connectivity index (χ3n) is 2.76. The summed E-state index contributed by atoms with van der Waals surface area (Å²) in [6, 6.07) is 0. The van der Waals surface area contributed by atoms with Crippen LogP contribution in [0.5, 0.6) is 0 Å². The second kappa shape index (κ2) is 20.3. The summed E-state index contributed by atoms with van der Waals surface area (Å²) in [5, 5.41) is 7.72. The molecular weight excluding hydrogens is 308 g/mol. The maximum Gasteiger partial charge on any atom is 0.394 e. The highest BCUT2D eigenvalue weighted by molar-refractivity contribution is 7.79. The Morgan fingerprint density at radius 1 is 0.727 bits per heavy atom. The van der Waals surface area contributed by atoms with Crippen LogP contribution in [-0.2, 0) is 15.2 Å². The fourth-order valence-electron chi connectivity index (χ4n) is 1.56. The molecule has 0 aromatic rings. The minimum atomic E-state index is -4.67. The van der Waals surface area contributed by atoms with Gasteiger partial charge < -0.3 is 5.11 Å². The first-order valence-electron chi connectivity index (χ1n) is 8.10. The van der Waals surface area contributed by atoms with Crippen LogP contribution in [0.1, 0.15) is 91.4 Å². The molecule has 0 saturated heterocycles. The van der Waals surface area contributed by atoms with E-state index in [1.54, 1.807) is 6.92 Å². The third-order valence-corrected chi connectivity index (χ3v) is 2.76. The van der Waals surface area contributed by atoms with E-state index in [1.807, 2.05) is 0 Å². The Morgan fingerprint density at radius 3 is 1.05 bits per heavy atom. The van der Waals surface area contributed by atoms with E-state index in [4.69, 9.17) is 22.6 Å². The number of carboxylic acids is 1. The lowest BCUT2D eigenvalue weighted by atomic mass is 10.1. The smallest absolute Gasteiger partial charge is 0.394 e. The summed E-state index contributed by atoms with van der Waals surface area (Å²) < 4.78 is 31.6. The predicted octanol–water partition coefficient (Wildman–Crippen LogP) is 4.76. The molecule has 0 bridgehead atoms. The monoisotopic (exact) mass is 342 g/mol. The van der Waals surface area contributed by atoms with Gasteiger partial charge in [-0.15, -0.1) is 0 Å². The van der Waals surface area contributed by atoms with Crippen LogP contribution in [-0.4, -0.2) is 28.6 Å².